The molecule has 1 saturated heterocycles. The first-order chi connectivity index (χ1) is 15.0. The Balaban J connectivity index is 1.66. The van der Waals surface area contributed by atoms with Gasteiger partial charge < -0.3 is 19.9 Å². The third-order valence-electron chi connectivity index (χ3n) is 5.90. The summed E-state index contributed by atoms with van der Waals surface area (Å²) in [7, 11) is 3.93. The normalized spacial score (nSPS) is 20.1. The highest BCUT2D eigenvalue weighted by Gasteiger charge is 2.30. The quantitative estimate of drug-likeness (QED) is 0.491. The number of guanidine groups is 1. The smallest absolute Gasteiger partial charge is 0.191 e. The maximum absolute atomic E-state index is 5.43. The SMILES string of the molecule is CCNC(=NCc1cc(C(C)C)no1)NCC1CCCN(C)C1c1ccc(OC)cc1. The molecule has 2 unspecified atom stereocenters. The van der Waals surface area contributed by atoms with E-state index in [1.807, 2.05) is 6.07 Å². The van der Waals surface area contributed by atoms with Crippen molar-refractivity contribution in [1.29, 1.82) is 0 Å². The highest BCUT2D eigenvalue weighted by molar-refractivity contribution is 5.79. The molecule has 31 heavy (non-hydrogen) atoms. The molecule has 0 bridgehead atoms. The molecule has 7 heteroatoms. The Morgan fingerprint density at radius 1 is 1.29 bits per heavy atom. The average molecular weight is 428 g/mol. The summed E-state index contributed by atoms with van der Waals surface area (Å²) < 4.78 is 10.8. The number of benzene rings is 1. The fraction of sp³-hybridized carbons (Fsp3) is 0.583. The van der Waals surface area contributed by atoms with Crippen molar-refractivity contribution in [3.05, 3.63) is 47.3 Å². The van der Waals surface area contributed by atoms with Crippen molar-refractivity contribution >= 4 is 5.96 Å². The number of hydrogen-bond donors (Lipinski definition) is 2. The molecular weight excluding hydrogens is 390 g/mol. The standard InChI is InChI=1S/C24H37N5O2/c1-6-25-24(27-16-21-14-22(17(2)3)28-31-21)26-15-19-8-7-13-29(4)23(19)18-9-11-20(30-5)12-10-18/h9-12,14,17,19,23H,6-8,13,15-16H2,1-5H3,(H2,25,26,27). The van der Waals surface area contributed by atoms with Gasteiger partial charge in [0.1, 0.15) is 12.3 Å². The molecule has 0 aliphatic carbocycles. The van der Waals surface area contributed by atoms with E-state index in [2.05, 4.69) is 72.8 Å². The molecule has 1 fully saturated rings. The topological polar surface area (TPSA) is 74.9 Å². The van der Waals surface area contributed by atoms with Gasteiger partial charge in [0.25, 0.3) is 0 Å². The number of hydrogen-bond acceptors (Lipinski definition) is 5. The van der Waals surface area contributed by atoms with Gasteiger partial charge in [-0.3, -0.25) is 4.90 Å². The van der Waals surface area contributed by atoms with Gasteiger partial charge in [-0.25, -0.2) is 4.99 Å². The molecule has 7 nitrogen and oxygen atoms in total. The summed E-state index contributed by atoms with van der Waals surface area (Å²) in [4.78, 5) is 7.17. The molecule has 3 rings (SSSR count). The summed E-state index contributed by atoms with van der Waals surface area (Å²) >= 11 is 0. The van der Waals surface area contributed by atoms with Crippen LogP contribution in [0.3, 0.4) is 0 Å². The second kappa shape index (κ2) is 11.2. The van der Waals surface area contributed by atoms with E-state index in [0.29, 0.717) is 24.4 Å². The van der Waals surface area contributed by atoms with Gasteiger partial charge in [-0.05, 0) is 62.9 Å². The summed E-state index contributed by atoms with van der Waals surface area (Å²) in [5.41, 5.74) is 2.30. The molecule has 0 amide bonds. The highest BCUT2D eigenvalue weighted by Crippen LogP contribution is 2.35. The predicted octanol–water partition coefficient (Wildman–Crippen LogP) is 3.94. The van der Waals surface area contributed by atoms with Crippen molar-refractivity contribution in [3.63, 3.8) is 0 Å². The maximum atomic E-state index is 5.43. The molecular formula is C24H37N5O2. The lowest BCUT2D eigenvalue weighted by atomic mass is 9.85. The maximum Gasteiger partial charge on any atom is 0.191 e. The number of aliphatic imine (C=N–C) groups is 1. The zero-order chi connectivity index (χ0) is 22.2. The zero-order valence-corrected chi connectivity index (χ0v) is 19.5. The van der Waals surface area contributed by atoms with Crippen LogP contribution in [0.4, 0.5) is 0 Å². The molecule has 0 saturated carbocycles. The van der Waals surface area contributed by atoms with E-state index in [1.54, 1.807) is 7.11 Å². The van der Waals surface area contributed by atoms with Crippen LogP contribution in [-0.2, 0) is 6.54 Å². The van der Waals surface area contributed by atoms with Gasteiger partial charge in [0.15, 0.2) is 11.7 Å². The van der Waals surface area contributed by atoms with Crippen LogP contribution in [0.2, 0.25) is 0 Å². The van der Waals surface area contributed by atoms with Crippen LogP contribution >= 0.6 is 0 Å². The van der Waals surface area contributed by atoms with E-state index in [1.165, 1.54) is 18.4 Å². The predicted molar refractivity (Wildman–Crippen MR) is 124 cm³/mol. The molecule has 1 aliphatic heterocycles. The van der Waals surface area contributed by atoms with Gasteiger partial charge >= 0.3 is 0 Å². The molecule has 170 valence electrons. The van der Waals surface area contributed by atoms with Crippen molar-refractivity contribution in [2.24, 2.45) is 10.9 Å². The summed E-state index contributed by atoms with van der Waals surface area (Å²) in [6, 6.07) is 10.8. The Morgan fingerprint density at radius 2 is 2.06 bits per heavy atom. The minimum Gasteiger partial charge on any atom is -0.497 e. The lowest BCUT2D eigenvalue weighted by Crippen LogP contribution is -2.45. The summed E-state index contributed by atoms with van der Waals surface area (Å²) in [6.45, 7) is 9.56. The third kappa shape index (κ3) is 6.23. The Kier molecular flexibility index (Phi) is 8.35. The van der Waals surface area contributed by atoms with Crippen LogP contribution in [0.5, 0.6) is 5.75 Å². The van der Waals surface area contributed by atoms with Crippen LogP contribution in [0.25, 0.3) is 0 Å². The Labute approximate surface area is 186 Å². The average Bonchev–Trinajstić information content (AvgIpc) is 3.25. The number of ether oxygens (including phenoxy) is 1. The number of rotatable bonds is 8. The van der Waals surface area contributed by atoms with Gasteiger partial charge in [-0.2, -0.15) is 0 Å². The van der Waals surface area contributed by atoms with Gasteiger partial charge in [-0.15, -0.1) is 0 Å². The van der Waals surface area contributed by atoms with Gasteiger partial charge in [0.2, 0.25) is 0 Å². The molecule has 0 radical (unpaired) electrons. The van der Waals surface area contributed by atoms with Crippen molar-refractivity contribution < 1.29 is 9.26 Å². The number of nitrogens with one attached hydrogen (secondary N) is 2. The van der Waals surface area contributed by atoms with E-state index < -0.39 is 0 Å². The minimum absolute atomic E-state index is 0.353. The van der Waals surface area contributed by atoms with E-state index in [-0.39, 0.29) is 0 Å². The van der Waals surface area contributed by atoms with Crippen molar-refractivity contribution in [1.82, 2.24) is 20.7 Å². The van der Waals surface area contributed by atoms with Crippen molar-refractivity contribution in [2.75, 3.05) is 33.8 Å². The molecule has 1 aromatic carbocycles. The van der Waals surface area contributed by atoms with E-state index in [9.17, 15) is 0 Å². The summed E-state index contributed by atoms with van der Waals surface area (Å²) in [5.74, 6) is 3.34. The molecule has 2 atom stereocenters. The Morgan fingerprint density at radius 3 is 2.71 bits per heavy atom. The van der Waals surface area contributed by atoms with Crippen LogP contribution in [0.15, 0.2) is 39.8 Å². The monoisotopic (exact) mass is 427 g/mol. The first-order valence-electron chi connectivity index (χ1n) is 11.3. The molecule has 1 aromatic heterocycles. The van der Waals surface area contributed by atoms with Crippen LogP contribution in [-0.4, -0.2) is 49.8 Å². The fourth-order valence-corrected chi connectivity index (χ4v) is 4.20. The van der Waals surface area contributed by atoms with Gasteiger partial charge in [0, 0.05) is 25.2 Å². The number of piperidine rings is 1. The Bertz CT molecular complexity index is 831. The van der Waals surface area contributed by atoms with E-state index in [4.69, 9.17) is 14.3 Å². The number of likely N-dealkylation sites (tertiary alicyclic amines) is 1. The van der Waals surface area contributed by atoms with Crippen LogP contribution in [0.1, 0.15) is 62.6 Å². The van der Waals surface area contributed by atoms with Gasteiger partial charge in [-0.1, -0.05) is 31.1 Å². The largest absolute Gasteiger partial charge is 0.497 e. The fourth-order valence-electron chi connectivity index (χ4n) is 4.20. The highest BCUT2D eigenvalue weighted by atomic mass is 16.5. The number of methoxy groups -OCH3 is 1. The first-order valence-corrected chi connectivity index (χ1v) is 11.3. The molecule has 2 aromatic rings. The lowest BCUT2D eigenvalue weighted by Gasteiger charge is -2.40. The van der Waals surface area contributed by atoms with Crippen molar-refractivity contribution in [2.45, 2.75) is 52.1 Å². The van der Waals surface area contributed by atoms with E-state index in [0.717, 1.165) is 42.8 Å². The van der Waals surface area contributed by atoms with Gasteiger partial charge in [0.05, 0.1) is 12.8 Å². The molecule has 1 aliphatic rings. The second-order valence-corrected chi connectivity index (χ2v) is 8.55. The lowest BCUT2D eigenvalue weighted by molar-refractivity contribution is 0.122. The number of aromatic nitrogens is 1. The number of nitrogens with zero attached hydrogens (tertiary/aromatic N) is 3. The van der Waals surface area contributed by atoms with Crippen LogP contribution < -0.4 is 15.4 Å². The second-order valence-electron chi connectivity index (χ2n) is 8.55. The van der Waals surface area contributed by atoms with Crippen LogP contribution in [0, 0.1) is 5.92 Å². The molecule has 2 heterocycles. The molecule has 2 N–H and O–H groups in total. The first kappa shape index (κ1) is 23.1. The summed E-state index contributed by atoms with van der Waals surface area (Å²) in [5, 5.41) is 11.0. The molecule has 0 spiro atoms. The summed E-state index contributed by atoms with van der Waals surface area (Å²) in [6.07, 6.45) is 2.40. The Hall–Kier alpha value is -2.54. The third-order valence-corrected chi connectivity index (χ3v) is 5.90. The van der Waals surface area contributed by atoms with E-state index >= 15 is 0 Å². The van der Waals surface area contributed by atoms with Crippen molar-refractivity contribution in [3.8, 4) is 5.75 Å². The zero-order valence-electron chi connectivity index (χ0n) is 19.5. The minimum atomic E-state index is 0.353.